The van der Waals surface area contributed by atoms with Crippen LogP contribution in [-0.4, -0.2) is 24.9 Å². The van der Waals surface area contributed by atoms with Crippen molar-refractivity contribution >= 4 is 0 Å². The first-order chi connectivity index (χ1) is 4.45. The Morgan fingerprint density at radius 3 is 2.40 bits per heavy atom. The molecule has 0 radical (unpaired) electrons. The maximum atomic E-state index is 11.4. The fourth-order valence-electron chi connectivity index (χ4n) is 0.362. The number of alkyl halides is 3. The highest BCUT2D eigenvalue weighted by Crippen LogP contribution is 2.09. The van der Waals surface area contributed by atoms with Crippen molar-refractivity contribution in [3.8, 4) is 6.07 Å². The van der Waals surface area contributed by atoms with Crippen LogP contribution in [-0.2, 0) is 0 Å². The lowest BCUT2D eigenvalue weighted by atomic mass is 10.7. The molecule has 1 N–H and O–H groups in total. The van der Waals surface area contributed by atoms with Crippen molar-refractivity contribution < 1.29 is 13.2 Å². The van der Waals surface area contributed by atoms with Gasteiger partial charge in [0.2, 0.25) is 0 Å². The summed E-state index contributed by atoms with van der Waals surface area (Å²) < 4.78 is 34.1. The van der Waals surface area contributed by atoms with Crippen molar-refractivity contribution in [3.05, 3.63) is 0 Å². The molecule has 6 heteroatoms. The number of nitriles is 1. The molecule has 58 valence electrons. The number of hydrazine groups is 1. The highest BCUT2D eigenvalue weighted by atomic mass is 19.4. The summed E-state index contributed by atoms with van der Waals surface area (Å²) in [6.07, 6.45) is -4.45. The number of hydrogen-bond acceptors (Lipinski definition) is 3. The van der Waals surface area contributed by atoms with E-state index in [0.29, 0.717) is 5.01 Å². The monoisotopic (exact) mass is 153 g/mol. The summed E-state index contributed by atoms with van der Waals surface area (Å²) in [4.78, 5) is 0. The molecule has 0 aromatic heterocycles. The zero-order chi connectivity index (χ0) is 8.20. The molecule has 0 saturated carbocycles. The molecule has 0 bridgehead atoms. The van der Waals surface area contributed by atoms with Crippen molar-refractivity contribution in [1.82, 2.24) is 10.4 Å². The largest absolute Gasteiger partial charge is 0.470 e. The maximum Gasteiger partial charge on any atom is 0.470 e. The molecule has 0 aliphatic rings. The van der Waals surface area contributed by atoms with Crippen LogP contribution in [0.15, 0.2) is 0 Å². The fourth-order valence-corrected chi connectivity index (χ4v) is 0.362. The van der Waals surface area contributed by atoms with E-state index >= 15 is 0 Å². The van der Waals surface area contributed by atoms with E-state index in [9.17, 15) is 13.2 Å². The van der Waals surface area contributed by atoms with Crippen LogP contribution in [0.25, 0.3) is 0 Å². The van der Waals surface area contributed by atoms with Crippen LogP contribution in [0.2, 0.25) is 0 Å². The Labute approximate surface area is 56.0 Å². The van der Waals surface area contributed by atoms with Gasteiger partial charge in [0.1, 0.15) is 6.54 Å². The van der Waals surface area contributed by atoms with Gasteiger partial charge in [-0.2, -0.15) is 23.9 Å². The van der Waals surface area contributed by atoms with Gasteiger partial charge in [-0.15, -0.1) is 0 Å². The number of rotatable bonds is 2. The molecule has 0 aliphatic carbocycles. The second kappa shape index (κ2) is 3.39. The van der Waals surface area contributed by atoms with Gasteiger partial charge in [-0.3, -0.25) is 0 Å². The predicted octanol–water partition coefficient (Wildman–Crippen LogP) is 0.466. The van der Waals surface area contributed by atoms with Gasteiger partial charge in [0.25, 0.3) is 0 Å². The van der Waals surface area contributed by atoms with Crippen LogP contribution in [0.5, 0.6) is 0 Å². The molecule has 0 aromatic carbocycles. The van der Waals surface area contributed by atoms with Gasteiger partial charge >= 0.3 is 6.30 Å². The molecule has 0 saturated heterocycles. The molecule has 0 heterocycles. The lowest BCUT2D eigenvalue weighted by Gasteiger charge is -2.15. The van der Waals surface area contributed by atoms with Crippen LogP contribution in [0, 0.1) is 11.3 Å². The highest BCUT2D eigenvalue weighted by molar-refractivity contribution is 4.72. The summed E-state index contributed by atoms with van der Waals surface area (Å²) in [5.41, 5.74) is 1.13. The molecular weight excluding hydrogens is 147 g/mol. The minimum atomic E-state index is -4.45. The average Bonchev–Trinajstić information content (AvgIpc) is 1.59. The van der Waals surface area contributed by atoms with E-state index in [0.717, 1.165) is 12.5 Å². The highest BCUT2D eigenvalue weighted by Gasteiger charge is 2.28. The first kappa shape index (κ1) is 9.20. The second-order valence-electron chi connectivity index (χ2n) is 1.62. The topological polar surface area (TPSA) is 39.1 Å². The molecule has 0 aliphatic heterocycles. The fraction of sp³-hybridized carbons (Fsp3) is 0.750. The number of hydrogen-bond donors (Lipinski definition) is 1. The quantitative estimate of drug-likeness (QED) is 0.356. The minimum Gasteiger partial charge on any atom is -0.226 e. The number of halogens is 3. The third kappa shape index (κ3) is 5.34. The van der Waals surface area contributed by atoms with E-state index in [1.165, 1.54) is 0 Å². The van der Waals surface area contributed by atoms with Crippen molar-refractivity contribution in [2.24, 2.45) is 0 Å². The molecule has 0 fully saturated rings. The van der Waals surface area contributed by atoms with Crippen molar-refractivity contribution in [2.75, 3.05) is 13.6 Å². The van der Waals surface area contributed by atoms with Crippen LogP contribution < -0.4 is 5.43 Å². The Balaban J connectivity index is 3.60. The zero-order valence-corrected chi connectivity index (χ0v) is 5.24. The molecule has 0 spiro atoms. The Bertz CT molecular complexity index is 136. The second-order valence-corrected chi connectivity index (χ2v) is 1.62. The average molecular weight is 153 g/mol. The lowest BCUT2D eigenvalue weighted by molar-refractivity contribution is -0.192. The third-order valence-electron chi connectivity index (χ3n) is 0.626. The Morgan fingerprint density at radius 2 is 2.10 bits per heavy atom. The standard InChI is InChI=1S/C4H6F3N3/c1-10(3-2-8)9-4(5,6)7/h9H,3H2,1H3. The van der Waals surface area contributed by atoms with Crippen LogP contribution in [0.4, 0.5) is 13.2 Å². The first-order valence-corrected chi connectivity index (χ1v) is 2.38. The summed E-state index contributed by atoms with van der Waals surface area (Å²) >= 11 is 0. The van der Waals surface area contributed by atoms with Crippen molar-refractivity contribution in [2.45, 2.75) is 6.30 Å². The molecule has 0 atom stereocenters. The molecule has 3 nitrogen and oxygen atoms in total. The Hall–Kier alpha value is -0.800. The zero-order valence-electron chi connectivity index (χ0n) is 5.24. The summed E-state index contributed by atoms with van der Waals surface area (Å²) in [7, 11) is 1.14. The van der Waals surface area contributed by atoms with Gasteiger partial charge in [0, 0.05) is 7.05 Å². The van der Waals surface area contributed by atoms with E-state index < -0.39 is 6.30 Å². The van der Waals surface area contributed by atoms with Gasteiger partial charge in [0.15, 0.2) is 0 Å². The van der Waals surface area contributed by atoms with Gasteiger partial charge in [0.05, 0.1) is 6.07 Å². The smallest absolute Gasteiger partial charge is 0.226 e. The molecule has 10 heavy (non-hydrogen) atoms. The third-order valence-corrected chi connectivity index (χ3v) is 0.626. The van der Waals surface area contributed by atoms with Crippen molar-refractivity contribution in [3.63, 3.8) is 0 Å². The number of nitrogens with one attached hydrogen (secondary N) is 1. The normalized spacial score (nSPS) is 11.6. The van der Waals surface area contributed by atoms with E-state index in [1.54, 1.807) is 6.07 Å². The molecule has 0 aromatic rings. The lowest BCUT2D eigenvalue weighted by Crippen LogP contribution is -2.44. The Kier molecular flexibility index (Phi) is 3.12. The summed E-state index contributed by atoms with van der Waals surface area (Å²) in [5.74, 6) is 0. The van der Waals surface area contributed by atoms with Gasteiger partial charge in [-0.1, -0.05) is 0 Å². The van der Waals surface area contributed by atoms with Gasteiger partial charge in [-0.05, 0) is 0 Å². The van der Waals surface area contributed by atoms with E-state index in [1.807, 2.05) is 0 Å². The van der Waals surface area contributed by atoms with E-state index in [2.05, 4.69) is 0 Å². The summed E-state index contributed by atoms with van der Waals surface area (Å²) in [5, 5.41) is 8.59. The summed E-state index contributed by atoms with van der Waals surface area (Å²) in [6.45, 7) is -0.306. The van der Waals surface area contributed by atoms with Crippen LogP contribution in [0.3, 0.4) is 0 Å². The maximum absolute atomic E-state index is 11.4. The first-order valence-electron chi connectivity index (χ1n) is 2.38. The van der Waals surface area contributed by atoms with Gasteiger partial charge < -0.3 is 0 Å². The van der Waals surface area contributed by atoms with E-state index in [4.69, 9.17) is 5.26 Å². The Morgan fingerprint density at radius 1 is 1.60 bits per heavy atom. The molecule has 0 amide bonds. The minimum absolute atomic E-state index is 0.306. The van der Waals surface area contributed by atoms with E-state index in [-0.39, 0.29) is 6.54 Å². The van der Waals surface area contributed by atoms with Crippen LogP contribution >= 0.6 is 0 Å². The molecule has 0 unspecified atom stereocenters. The summed E-state index contributed by atoms with van der Waals surface area (Å²) in [6, 6.07) is 1.55. The molecular formula is C4H6F3N3. The predicted molar refractivity (Wildman–Crippen MR) is 27.4 cm³/mol. The molecule has 0 rings (SSSR count). The SMILES string of the molecule is CN(CC#N)NC(F)(F)F. The van der Waals surface area contributed by atoms with Crippen molar-refractivity contribution in [1.29, 1.82) is 5.26 Å². The number of nitrogens with zero attached hydrogens (tertiary/aromatic N) is 2. The van der Waals surface area contributed by atoms with Crippen LogP contribution in [0.1, 0.15) is 0 Å². The van der Waals surface area contributed by atoms with Gasteiger partial charge in [-0.25, -0.2) is 5.01 Å².